The van der Waals surface area contributed by atoms with Crippen molar-refractivity contribution >= 4 is 23.4 Å². The van der Waals surface area contributed by atoms with Crippen LogP contribution in [0.5, 0.6) is 17.2 Å². The molecule has 0 bridgehead atoms. The van der Waals surface area contributed by atoms with Crippen LogP contribution in [0.3, 0.4) is 0 Å². The van der Waals surface area contributed by atoms with Crippen LogP contribution in [0, 0.1) is 5.92 Å². The zero-order chi connectivity index (χ0) is 24.9. The summed E-state index contributed by atoms with van der Waals surface area (Å²) in [5.41, 5.74) is 4.94. The summed E-state index contributed by atoms with van der Waals surface area (Å²) < 4.78 is 16.5. The number of benzene rings is 3. The molecular formula is C28H27N3O4S. The van der Waals surface area contributed by atoms with E-state index in [2.05, 4.69) is 33.7 Å². The second-order valence-corrected chi connectivity index (χ2v) is 9.53. The summed E-state index contributed by atoms with van der Waals surface area (Å²) in [5.74, 6) is 2.78. The number of hydrogen-bond acceptors (Lipinski definition) is 6. The van der Waals surface area contributed by atoms with Crippen LogP contribution in [-0.4, -0.2) is 36.9 Å². The van der Waals surface area contributed by atoms with Gasteiger partial charge in [-0.3, -0.25) is 9.89 Å². The lowest BCUT2D eigenvalue weighted by Crippen LogP contribution is -2.32. The number of amides is 1. The van der Waals surface area contributed by atoms with Gasteiger partial charge in [-0.25, -0.2) is 0 Å². The molecule has 1 aromatic heterocycles. The Bertz CT molecular complexity index is 1340. The number of fused-ring (bicyclic) bond motifs is 1. The molecule has 2 heterocycles. The predicted molar refractivity (Wildman–Crippen MR) is 141 cm³/mol. The molecule has 0 radical (unpaired) electrons. The molecule has 1 atom stereocenters. The number of rotatable bonds is 8. The molecule has 5 rings (SSSR count). The van der Waals surface area contributed by atoms with Gasteiger partial charge in [-0.15, -0.1) is 11.8 Å². The van der Waals surface area contributed by atoms with Gasteiger partial charge in [-0.2, -0.15) is 5.10 Å². The molecule has 0 saturated carbocycles. The molecule has 7 nitrogen and oxygen atoms in total. The van der Waals surface area contributed by atoms with E-state index in [9.17, 15) is 4.79 Å². The quantitative estimate of drug-likeness (QED) is 0.307. The lowest BCUT2D eigenvalue weighted by atomic mass is 9.95. The first kappa shape index (κ1) is 23.8. The van der Waals surface area contributed by atoms with E-state index in [1.165, 1.54) is 0 Å². The zero-order valence-corrected chi connectivity index (χ0v) is 20.9. The molecule has 4 aromatic rings. The van der Waals surface area contributed by atoms with Crippen LogP contribution in [0.1, 0.15) is 11.1 Å². The number of methoxy groups -OCH3 is 2. The van der Waals surface area contributed by atoms with Crippen LogP contribution in [-0.2, 0) is 17.0 Å². The van der Waals surface area contributed by atoms with Gasteiger partial charge in [0.05, 0.1) is 32.0 Å². The molecule has 184 valence electrons. The van der Waals surface area contributed by atoms with Gasteiger partial charge in [0.1, 0.15) is 23.9 Å². The molecule has 0 unspecified atom stereocenters. The monoisotopic (exact) mass is 501 g/mol. The summed E-state index contributed by atoms with van der Waals surface area (Å²) in [4.78, 5) is 14.3. The van der Waals surface area contributed by atoms with Gasteiger partial charge in [0.25, 0.3) is 0 Å². The van der Waals surface area contributed by atoms with E-state index in [-0.39, 0.29) is 11.8 Å². The normalized spacial score (nSPS) is 14.4. The van der Waals surface area contributed by atoms with Gasteiger partial charge in [-0.1, -0.05) is 18.2 Å². The van der Waals surface area contributed by atoms with Gasteiger partial charge in [-0.05, 0) is 65.6 Å². The van der Waals surface area contributed by atoms with E-state index < -0.39 is 0 Å². The molecule has 8 heteroatoms. The maximum Gasteiger partial charge on any atom is 0.231 e. The Balaban J connectivity index is 1.35. The summed E-state index contributed by atoms with van der Waals surface area (Å²) in [6.07, 6.45) is 4.24. The summed E-state index contributed by atoms with van der Waals surface area (Å²) in [6, 6.07) is 19.7. The third-order valence-corrected chi connectivity index (χ3v) is 7.30. The topological polar surface area (TPSA) is 85.5 Å². The van der Waals surface area contributed by atoms with Crippen LogP contribution in [0.4, 0.5) is 5.69 Å². The first-order valence-electron chi connectivity index (χ1n) is 11.6. The van der Waals surface area contributed by atoms with E-state index in [0.29, 0.717) is 13.0 Å². The van der Waals surface area contributed by atoms with Crippen molar-refractivity contribution in [2.45, 2.75) is 17.1 Å². The molecule has 1 amide bonds. The summed E-state index contributed by atoms with van der Waals surface area (Å²) >= 11 is 1.67. The molecule has 0 saturated heterocycles. The van der Waals surface area contributed by atoms with Crippen LogP contribution in [0.25, 0.3) is 11.1 Å². The van der Waals surface area contributed by atoms with E-state index >= 15 is 0 Å². The van der Waals surface area contributed by atoms with Gasteiger partial charge in [0.2, 0.25) is 5.91 Å². The number of thioether (sulfide) groups is 1. The smallest absolute Gasteiger partial charge is 0.231 e. The Morgan fingerprint density at radius 2 is 1.86 bits per heavy atom. The number of aromatic amines is 1. The SMILES string of the molecule is COc1ccc(CSc2cc(-c3cn[nH]c3)ccc2NC(=O)[C@H]2COc3ccc(OC)cc3C2)cc1. The Hall–Kier alpha value is -3.91. The summed E-state index contributed by atoms with van der Waals surface area (Å²) in [6.45, 7) is 0.340. The molecule has 2 N–H and O–H groups in total. The summed E-state index contributed by atoms with van der Waals surface area (Å²) in [5, 5.41) is 10.1. The number of nitrogens with one attached hydrogen (secondary N) is 2. The number of carbonyl (C=O) groups is 1. The highest BCUT2D eigenvalue weighted by molar-refractivity contribution is 7.98. The van der Waals surface area contributed by atoms with Crippen molar-refractivity contribution in [1.29, 1.82) is 0 Å². The average Bonchev–Trinajstić information content (AvgIpc) is 3.47. The Kier molecular flexibility index (Phi) is 7.13. The highest BCUT2D eigenvalue weighted by Gasteiger charge is 2.27. The van der Waals surface area contributed by atoms with Gasteiger partial charge in [0.15, 0.2) is 0 Å². The third-order valence-electron chi connectivity index (χ3n) is 6.17. The van der Waals surface area contributed by atoms with Crippen LogP contribution in [0.15, 0.2) is 78.0 Å². The van der Waals surface area contributed by atoms with E-state index in [1.807, 2.05) is 48.7 Å². The first-order valence-corrected chi connectivity index (χ1v) is 12.6. The van der Waals surface area contributed by atoms with Gasteiger partial charge >= 0.3 is 0 Å². The second kappa shape index (κ2) is 10.8. The van der Waals surface area contributed by atoms with Crippen LogP contribution in [0.2, 0.25) is 0 Å². The number of anilines is 1. The fourth-order valence-corrected chi connectivity index (χ4v) is 5.12. The number of ether oxygens (including phenoxy) is 3. The van der Waals surface area contributed by atoms with Crippen LogP contribution < -0.4 is 19.5 Å². The number of aromatic nitrogens is 2. The highest BCUT2D eigenvalue weighted by atomic mass is 32.2. The summed E-state index contributed by atoms with van der Waals surface area (Å²) in [7, 11) is 3.29. The fraction of sp³-hybridized carbons (Fsp3) is 0.214. The average molecular weight is 502 g/mol. The predicted octanol–water partition coefficient (Wildman–Crippen LogP) is 5.58. The second-order valence-electron chi connectivity index (χ2n) is 8.51. The zero-order valence-electron chi connectivity index (χ0n) is 20.1. The number of carbonyl (C=O) groups excluding carboxylic acids is 1. The van der Waals surface area contributed by atoms with Crippen molar-refractivity contribution in [1.82, 2.24) is 10.2 Å². The van der Waals surface area contributed by atoms with Crippen molar-refractivity contribution in [3.63, 3.8) is 0 Å². The molecule has 1 aliphatic heterocycles. The molecule has 36 heavy (non-hydrogen) atoms. The van der Waals surface area contributed by atoms with Gasteiger partial charge < -0.3 is 19.5 Å². The minimum absolute atomic E-state index is 0.0640. The van der Waals surface area contributed by atoms with E-state index in [0.717, 1.165) is 55.8 Å². The fourth-order valence-electron chi connectivity index (χ4n) is 4.12. The maximum atomic E-state index is 13.3. The van der Waals surface area contributed by atoms with E-state index in [1.54, 1.807) is 32.2 Å². The molecule has 0 spiro atoms. The van der Waals surface area contributed by atoms with Crippen molar-refractivity contribution in [3.8, 4) is 28.4 Å². The van der Waals surface area contributed by atoms with Crippen LogP contribution >= 0.6 is 11.8 Å². The Labute approximate surface area is 214 Å². The highest BCUT2D eigenvalue weighted by Crippen LogP contribution is 2.36. The molecule has 3 aromatic carbocycles. The number of hydrogen-bond donors (Lipinski definition) is 2. The first-order chi connectivity index (χ1) is 17.6. The minimum atomic E-state index is -0.294. The number of H-pyrrole nitrogens is 1. The van der Waals surface area contributed by atoms with Crippen molar-refractivity contribution < 1.29 is 19.0 Å². The molecule has 0 fully saturated rings. The molecule has 1 aliphatic rings. The Morgan fingerprint density at radius 1 is 1.06 bits per heavy atom. The lowest BCUT2D eigenvalue weighted by Gasteiger charge is -2.25. The third kappa shape index (κ3) is 5.33. The molecular weight excluding hydrogens is 474 g/mol. The molecule has 0 aliphatic carbocycles. The van der Waals surface area contributed by atoms with Crippen molar-refractivity contribution in [2.24, 2.45) is 5.92 Å². The Morgan fingerprint density at radius 3 is 2.61 bits per heavy atom. The standard InChI is InChI=1S/C28H27N3O4S/c1-33-23-6-3-18(4-7-23)17-36-27-13-19(22-14-29-30-15-22)5-9-25(27)31-28(32)21-11-20-12-24(34-2)8-10-26(20)35-16-21/h3-10,12-15,21H,11,16-17H2,1-2H3,(H,29,30)(H,31,32)/t21-/m1/s1. The van der Waals surface area contributed by atoms with Crippen molar-refractivity contribution in [3.05, 3.63) is 84.2 Å². The largest absolute Gasteiger partial charge is 0.497 e. The van der Waals surface area contributed by atoms with E-state index in [4.69, 9.17) is 14.2 Å². The maximum absolute atomic E-state index is 13.3. The van der Waals surface area contributed by atoms with Crippen molar-refractivity contribution in [2.75, 3.05) is 26.1 Å². The lowest BCUT2D eigenvalue weighted by molar-refractivity contribution is -0.121. The number of nitrogens with zero attached hydrogens (tertiary/aromatic N) is 1. The minimum Gasteiger partial charge on any atom is -0.497 e. The van der Waals surface area contributed by atoms with Gasteiger partial charge in [0, 0.05) is 22.4 Å².